The van der Waals surface area contributed by atoms with Crippen LogP contribution in [0.4, 0.5) is 0 Å². The lowest BCUT2D eigenvalue weighted by Crippen LogP contribution is -2.42. The number of hydrogen-bond donors (Lipinski definition) is 1. The molecular weight excluding hydrogens is 224 g/mol. The zero-order valence-electron chi connectivity index (χ0n) is 10.6. The van der Waals surface area contributed by atoms with Crippen LogP contribution in [-0.2, 0) is 25.4 Å². The van der Waals surface area contributed by atoms with Gasteiger partial charge in [0.15, 0.2) is 0 Å². The van der Waals surface area contributed by atoms with Crippen molar-refractivity contribution < 1.29 is 0 Å². The number of fused-ring (bicyclic) bond motifs is 1. The van der Waals surface area contributed by atoms with Crippen molar-refractivity contribution in [3.8, 4) is 0 Å². The van der Waals surface area contributed by atoms with Crippen molar-refractivity contribution in [3.05, 3.63) is 47.5 Å². The molecule has 4 heteroatoms. The van der Waals surface area contributed by atoms with Gasteiger partial charge in [-0.2, -0.15) is 5.10 Å². The summed E-state index contributed by atoms with van der Waals surface area (Å²) in [6.07, 6.45) is 5.63. The summed E-state index contributed by atoms with van der Waals surface area (Å²) in [5.74, 6) is 0.953. The molecule has 1 aliphatic carbocycles. The normalized spacial score (nSPS) is 22.8. The third kappa shape index (κ3) is 1.82. The van der Waals surface area contributed by atoms with Gasteiger partial charge in [-0.25, -0.2) is 4.98 Å². The van der Waals surface area contributed by atoms with Gasteiger partial charge in [-0.3, -0.25) is 4.68 Å². The van der Waals surface area contributed by atoms with Gasteiger partial charge in [0.25, 0.3) is 0 Å². The molecule has 0 bridgehead atoms. The van der Waals surface area contributed by atoms with Crippen molar-refractivity contribution in [2.75, 3.05) is 0 Å². The van der Waals surface area contributed by atoms with Gasteiger partial charge in [-0.1, -0.05) is 24.3 Å². The number of aromatic nitrogens is 3. The molecule has 0 saturated carbocycles. The Morgan fingerprint density at radius 1 is 1.39 bits per heavy atom. The summed E-state index contributed by atoms with van der Waals surface area (Å²) in [5.41, 5.74) is 9.01. The van der Waals surface area contributed by atoms with E-state index in [0.717, 1.165) is 31.5 Å². The van der Waals surface area contributed by atoms with Crippen LogP contribution in [0.2, 0.25) is 0 Å². The summed E-state index contributed by atoms with van der Waals surface area (Å²) in [4.78, 5) is 4.30. The quantitative estimate of drug-likeness (QED) is 0.869. The molecule has 0 radical (unpaired) electrons. The lowest BCUT2D eigenvalue weighted by molar-refractivity contribution is 0.357. The van der Waals surface area contributed by atoms with Gasteiger partial charge in [-0.05, 0) is 30.4 Å². The number of nitrogens with two attached hydrogens (primary N) is 1. The topological polar surface area (TPSA) is 56.7 Å². The van der Waals surface area contributed by atoms with E-state index in [2.05, 4.69) is 34.3 Å². The Morgan fingerprint density at radius 2 is 2.22 bits per heavy atom. The van der Waals surface area contributed by atoms with E-state index in [1.165, 1.54) is 11.1 Å². The molecule has 2 aromatic rings. The highest BCUT2D eigenvalue weighted by molar-refractivity contribution is 5.36. The van der Waals surface area contributed by atoms with E-state index in [0.29, 0.717) is 0 Å². The Bertz CT molecular complexity index is 560. The van der Waals surface area contributed by atoms with E-state index in [9.17, 15) is 0 Å². The van der Waals surface area contributed by atoms with Crippen LogP contribution >= 0.6 is 0 Å². The number of aryl methyl sites for hydroxylation is 2. The maximum absolute atomic E-state index is 6.65. The molecule has 3 rings (SSSR count). The number of benzene rings is 1. The van der Waals surface area contributed by atoms with Crippen LogP contribution < -0.4 is 5.73 Å². The second-order valence-corrected chi connectivity index (χ2v) is 5.14. The average molecular weight is 242 g/mol. The van der Waals surface area contributed by atoms with Crippen LogP contribution in [0.25, 0.3) is 0 Å². The molecule has 1 aromatic heterocycles. The maximum atomic E-state index is 6.65. The molecule has 0 aliphatic heterocycles. The van der Waals surface area contributed by atoms with Crippen molar-refractivity contribution in [1.82, 2.24) is 14.8 Å². The van der Waals surface area contributed by atoms with Gasteiger partial charge in [-0.15, -0.1) is 0 Å². The average Bonchev–Trinajstić information content (AvgIpc) is 2.75. The highest BCUT2D eigenvalue weighted by Crippen LogP contribution is 2.35. The Kier molecular flexibility index (Phi) is 2.67. The fourth-order valence-electron chi connectivity index (χ4n) is 2.90. The largest absolute Gasteiger partial charge is 0.321 e. The zero-order valence-corrected chi connectivity index (χ0v) is 10.6. The smallest absolute Gasteiger partial charge is 0.138 e. The Balaban J connectivity index is 1.98. The summed E-state index contributed by atoms with van der Waals surface area (Å²) in [5, 5.41) is 4.12. The molecule has 18 heavy (non-hydrogen) atoms. The standard InChI is InChI=1S/C14H18N4/c1-18-13(16-10-17-18)9-14(15)8-4-6-11-5-2-3-7-12(11)14/h2-3,5,7,10H,4,6,8-9,15H2,1H3. The van der Waals surface area contributed by atoms with Crippen molar-refractivity contribution in [1.29, 1.82) is 0 Å². The first-order valence-corrected chi connectivity index (χ1v) is 6.39. The molecule has 0 spiro atoms. The van der Waals surface area contributed by atoms with Crippen molar-refractivity contribution in [3.63, 3.8) is 0 Å². The first kappa shape index (κ1) is 11.4. The summed E-state index contributed by atoms with van der Waals surface area (Å²) >= 11 is 0. The monoisotopic (exact) mass is 242 g/mol. The van der Waals surface area contributed by atoms with Crippen LogP contribution in [0, 0.1) is 0 Å². The highest BCUT2D eigenvalue weighted by Gasteiger charge is 2.33. The van der Waals surface area contributed by atoms with E-state index in [1.54, 1.807) is 6.33 Å². The Hall–Kier alpha value is -1.68. The SMILES string of the molecule is Cn1ncnc1CC1(N)CCCc2ccccc21. The van der Waals surface area contributed by atoms with E-state index in [1.807, 2.05) is 11.7 Å². The third-order valence-electron chi connectivity index (χ3n) is 3.90. The fourth-order valence-corrected chi connectivity index (χ4v) is 2.90. The predicted molar refractivity (Wildman–Crippen MR) is 70.0 cm³/mol. The summed E-state index contributed by atoms with van der Waals surface area (Å²) in [6, 6.07) is 8.51. The van der Waals surface area contributed by atoms with Gasteiger partial charge in [0.05, 0.1) is 0 Å². The predicted octanol–water partition coefficient (Wildman–Crippen LogP) is 1.55. The zero-order chi connectivity index (χ0) is 12.6. The molecule has 1 unspecified atom stereocenters. The van der Waals surface area contributed by atoms with Crippen LogP contribution in [0.15, 0.2) is 30.6 Å². The van der Waals surface area contributed by atoms with E-state index in [4.69, 9.17) is 5.73 Å². The highest BCUT2D eigenvalue weighted by atomic mass is 15.3. The number of rotatable bonds is 2. The van der Waals surface area contributed by atoms with Gasteiger partial charge in [0, 0.05) is 19.0 Å². The minimum atomic E-state index is -0.296. The second kappa shape index (κ2) is 4.21. The van der Waals surface area contributed by atoms with E-state index in [-0.39, 0.29) is 5.54 Å². The lowest BCUT2D eigenvalue weighted by Gasteiger charge is -2.35. The Morgan fingerprint density at radius 3 is 3.00 bits per heavy atom. The molecule has 4 nitrogen and oxygen atoms in total. The molecule has 1 atom stereocenters. The van der Waals surface area contributed by atoms with Gasteiger partial charge < -0.3 is 5.73 Å². The van der Waals surface area contributed by atoms with Crippen molar-refractivity contribution in [2.24, 2.45) is 12.8 Å². The van der Waals surface area contributed by atoms with Crippen molar-refractivity contribution >= 4 is 0 Å². The Labute approximate surface area is 107 Å². The van der Waals surface area contributed by atoms with Gasteiger partial charge in [0.2, 0.25) is 0 Å². The van der Waals surface area contributed by atoms with Crippen molar-refractivity contribution in [2.45, 2.75) is 31.2 Å². The summed E-state index contributed by atoms with van der Waals surface area (Å²) in [6.45, 7) is 0. The minimum absolute atomic E-state index is 0.296. The van der Waals surface area contributed by atoms with Crippen LogP contribution in [0.1, 0.15) is 29.8 Å². The molecule has 2 N–H and O–H groups in total. The maximum Gasteiger partial charge on any atom is 0.138 e. The molecule has 1 aliphatic rings. The molecular formula is C14H18N4. The molecule has 1 heterocycles. The number of nitrogens with zero attached hydrogens (tertiary/aromatic N) is 3. The third-order valence-corrected chi connectivity index (χ3v) is 3.90. The second-order valence-electron chi connectivity index (χ2n) is 5.14. The molecule has 1 aromatic carbocycles. The first-order valence-electron chi connectivity index (χ1n) is 6.39. The van der Waals surface area contributed by atoms with Gasteiger partial charge >= 0.3 is 0 Å². The molecule has 0 fully saturated rings. The van der Waals surface area contributed by atoms with Gasteiger partial charge in [0.1, 0.15) is 12.2 Å². The molecule has 94 valence electrons. The minimum Gasteiger partial charge on any atom is -0.321 e. The van der Waals surface area contributed by atoms with Crippen LogP contribution in [-0.4, -0.2) is 14.8 Å². The lowest BCUT2D eigenvalue weighted by atomic mass is 9.75. The summed E-state index contributed by atoms with van der Waals surface area (Å²) < 4.78 is 1.81. The summed E-state index contributed by atoms with van der Waals surface area (Å²) in [7, 11) is 1.92. The van der Waals surface area contributed by atoms with Crippen LogP contribution in [0.5, 0.6) is 0 Å². The van der Waals surface area contributed by atoms with E-state index < -0.39 is 0 Å². The molecule has 0 saturated heterocycles. The fraction of sp³-hybridized carbons (Fsp3) is 0.429. The number of hydrogen-bond acceptors (Lipinski definition) is 3. The first-order chi connectivity index (χ1) is 8.69. The molecule has 0 amide bonds. The van der Waals surface area contributed by atoms with E-state index >= 15 is 0 Å². The van der Waals surface area contributed by atoms with Crippen LogP contribution in [0.3, 0.4) is 0 Å².